The van der Waals surface area contributed by atoms with Crippen molar-refractivity contribution in [3.63, 3.8) is 0 Å². The number of benzene rings is 2. The van der Waals surface area contributed by atoms with E-state index >= 15 is 0 Å². The Labute approximate surface area is 195 Å². The smallest absolute Gasteiger partial charge is 0.337 e. The van der Waals surface area contributed by atoms with Gasteiger partial charge in [-0.25, -0.2) is 13.2 Å². The minimum Gasteiger partial charge on any atom is -0.487 e. The number of carboxylic acids is 1. The van der Waals surface area contributed by atoms with Crippen LogP contribution in [-0.4, -0.2) is 37.5 Å². The molecule has 0 saturated heterocycles. The van der Waals surface area contributed by atoms with Gasteiger partial charge in [-0.15, -0.1) is 0 Å². The van der Waals surface area contributed by atoms with Gasteiger partial charge in [0.2, 0.25) is 10.0 Å². The molecule has 2 N–H and O–H groups in total. The molecule has 0 fully saturated rings. The van der Waals surface area contributed by atoms with Crippen LogP contribution in [0.1, 0.15) is 49.1 Å². The first kappa shape index (κ1) is 24.8. The Morgan fingerprint density at radius 1 is 1.09 bits per heavy atom. The molecule has 1 atom stereocenters. The molecule has 178 valence electrons. The molecular weight excluding hydrogens is 442 g/mol. The van der Waals surface area contributed by atoms with Crippen molar-refractivity contribution < 1.29 is 27.8 Å². The SMILES string of the molecule is Cc1ccc(-c2c(C)c3c(c(C)c2[C@H](OC(C)(C)C)C(=O)O)NS(=O)(=O)C/C=C\CO3)cc1. The summed E-state index contributed by atoms with van der Waals surface area (Å²) in [7, 11) is -3.70. The molecule has 0 bridgehead atoms. The van der Waals surface area contributed by atoms with Crippen LogP contribution in [0.25, 0.3) is 11.1 Å². The highest BCUT2D eigenvalue weighted by Crippen LogP contribution is 2.47. The van der Waals surface area contributed by atoms with Gasteiger partial charge in [-0.1, -0.05) is 42.0 Å². The van der Waals surface area contributed by atoms with Crippen molar-refractivity contribution in [1.82, 2.24) is 0 Å². The Hall–Kier alpha value is -2.84. The van der Waals surface area contributed by atoms with Gasteiger partial charge in [0.1, 0.15) is 12.4 Å². The zero-order valence-corrected chi connectivity index (χ0v) is 20.7. The number of sulfonamides is 1. The summed E-state index contributed by atoms with van der Waals surface area (Å²) in [5.74, 6) is -0.986. The lowest BCUT2D eigenvalue weighted by Gasteiger charge is -2.30. The number of anilines is 1. The Morgan fingerprint density at radius 2 is 1.73 bits per heavy atom. The third kappa shape index (κ3) is 5.57. The van der Waals surface area contributed by atoms with Crippen LogP contribution >= 0.6 is 0 Å². The van der Waals surface area contributed by atoms with E-state index in [9.17, 15) is 18.3 Å². The monoisotopic (exact) mass is 473 g/mol. The van der Waals surface area contributed by atoms with Crippen LogP contribution < -0.4 is 9.46 Å². The van der Waals surface area contributed by atoms with E-state index in [-0.39, 0.29) is 18.0 Å². The lowest BCUT2D eigenvalue weighted by Crippen LogP contribution is -2.29. The van der Waals surface area contributed by atoms with E-state index < -0.39 is 27.7 Å². The Bertz CT molecular complexity index is 1190. The van der Waals surface area contributed by atoms with Gasteiger partial charge >= 0.3 is 5.97 Å². The molecule has 1 aliphatic heterocycles. The zero-order valence-electron chi connectivity index (χ0n) is 19.9. The molecule has 1 heterocycles. The highest BCUT2D eigenvalue weighted by Gasteiger charge is 2.35. The molecule has 2 aromatic rings. The predicted molar refractivity (Wildman–Crippen MR) is 129 cm³/mol. The van der Waals surface area contributed by atoms with Gasteiger partial charge in [0, 0.05) is 11.1 Å². The van der Waals surface area contributed by atoms with Crippen LogP contribution in [0.2, 0.25) is 0 Å². The van der Waals surface area contributed by atoms with Crippen molar-refractivity contribution in [2.75, 3.05) is 17.1 Å². The van der Waals surface area contributed by atoms with Crippen LogP contribution in [0, 0.1) is 20.8 Å². The second kappa shape index (κ2) is 9.19. The lowest BCUT2D eigenvalue weighted by atomic mass is 9.86. The van der Waals surface area contributed by atoms with E-state index in [1.54, 1.807) is 33.8 Å². The first-order chi connectivity index (χ1) is 15.3. The van der Waals surface area contributed by atoms with Crippen LogP contribution in [-0.2, 0) is 19.6 Å². The quantitative estimate of drug-likeness (QED) is 0.612. The standard InChI is InChI=1S/C25H31NO6S/c1-15-9-11-18(12-10-15)19-17(3)22-21(26-33(29,30)14-8-7-13-31-22)16(2)20(19)23(24(27)28)32-25(4,5)6/h7-12,23,26H,13-14H2,1-6H3,(H,27,28)/b8-7-/t23-/m0/s1. The third-order valence-electron chi connectivity index (χ3n) is 5.35. The molecule has 0 aromatic heterocycles. The topological polar surface area (TPSA) is 102 Å². The fourth-order valence-corrected chi connectivity index (χ4v) is 4.93. The van der Waals surface area contributed by atoms with E-state index in [1.165, 1.54) is 6.08 Å². The maximum absolute atomic E-state index is 12.7. The first-order valence-electron chi connectivity index (χ1n) is 10.7. The van der Waals surface area contributed by atoms with Gasteiger partial charge in [0.05, 0.1) is 17.0 Å². The highest BCUT2D eigenvalue weighted by atomic mass is 32.2. The molecule has 0 unspecified atom stereocenters. The number of hydrogen-bond acceptors (Lipinski definition) is 5. The number of rotatable bonds is 4. The van der Waals surface area contributed by atoms with Crippen molar-refractivity contribution in [2.24, 2.45) is 0 Å². The maximum Gasteiger partial charge on any atom is 0.337 e. The number of aliphatic carboxylic acids is 1. The van der Waals surface area contributed by atoms with Gasteiger partial charge < -0.3 is 14.6 Å². The van der Waals surface area contributed by atoms with E-state index in [0.717, 1.165) is 11.1 Å². The summed E-state index contributed by atoms with van der Waals surface area (Å²) in [6.45, 7) is 11.0. The summed E-state index contributed by atoms with van der Waals surface area (Å²) in [5.41, 5.74) is 3.49. The van der Waals surface area contributed by atoms with Crippen LogP contribution in [0.4, 0.5) is 5.69 Å². The summed E-state index contributed by atoms with van der Waals surface area (Å²) in [6.07, 6.45) is 1.87. The summed E-state index contributed by atoms with van der Waals surface area (Å²) in [6, 6.07) is 7.73. The van der Waals surface area contributed by atoms with Crippen LogP contribution in [0.5, 0.6) is 5.75 Å². The molecule has 0 radical (unpaired) electrons. The zero-order chi connectivity index (χ0) is 24.6. The summed E-state index contributed by atoms with van der Waals surface area (Å²) in [5, 5.41) is 10.2. The summed E-state index contributed by atoms with van der Waals surface area (Å²) < 4.78 is 40.0. The molecule has 1 aliphatic rings. The van der Waals surface area contributed by atoms with E-state index in [4.69, 9.17) is 9.47 Å². The first-order valence-corrected chi connectivity index (χ1v) is 12.4. The van der Waals surface area contributed by atoms with Gasteiger partial charge in [-0.05, 0) is 58.2 Å². The average Bonchev–Trinajstić information content (AvgIpc) is 2.77. The number of carbonyl (C=O) groups is 1. The minimum atomic E-state index is -3.70. The second-order valence-electron chi connectivity index (χ2n) is 9.22. The summed E-state index contributed by atoms with van der Waals surface area (Å²) in [4.78, 5) is 12.4. The number of fused-ring (bicyclic) bond motifs is 1. The molecule has 2 aromatic carbocycles. The molecule has 3 rings (SSSR count). The fourth-order valence-electron chi connectivity index (χ4n) is 3.90. The van der Waals surface area contributed by atoms with Gasteiger partial charge in [-0.2, -0.15) is 0 Å². The van der Waals surface area contributed by atoms with E-state index in [2.05, 4.69) is 4.72 Å². The van der Waals surface area contributed by atoms with Crippen molar-refractivity contribution in [3.8, 4) is 16.9 Å². The Balaban J connectivity index is 2.42. The maximum atomic E-state index is 12.7. The Kier molecular flexibility index (Phi) is 6.91. The minimum absolute atomic E-state index is 0.192. The van der Waals surface area contributed by atoms with E-state index in [0.29, 0.717) is 28.0 Å². The highest BCUT2D eigenvalue weighted by molar-refractivity contribution is 7.92. The Morgan fingerprint density at radius 3 is 2.30 bits per heavy atom. The van der Waals surface area contributed by atoms with Gasteiger partial charge in [0.15, 0.2) is 6.10 Å². The van der Waals surface area contributed by atoms with Crippen LogP contribution in [0.3, 0.4) is 0 Å². The molecule has 8 heteroatoms. The normalized spacial score (nSPS) is 17.4. The molecule has 0 saturated carbocycles. The molecule has 7 nitrogen and oxygen atoms in total. The average molecular weight is 474 g/mol. The molecule has 0 amide bonds. The molecule has 0 spiro atoms. The van der Waals surface area contributed by atoms with Gasteiger partial charge in [-0.3, -0.25) is 4.72 Å². The largest absolute Gasteiger partial charge is 0.487 e. The number of hydrogen-bond donors (Lipinski definition) is 2. The van der Waals surface area contributed by atoms with Crippen molar-refractivity contribution >= 4 is 21.7 Å². The lowest BCUT2D eigenvalue weighted by molar-refractivity contribution is -0.160. The number of ether oxygens (including phenoxy) is 2. The van der Waals surface area contributed by atoms with Crippen molar-refractivity contribution in [1.29, 1.82) is 0 Å². The molecule has 0 aliphatic carbocycles. The van der Waals surface area contributed by atoms with Gasteiger partial charge in [0.25, 0.3) is 0 Å². The third-order valence-corrected chi connectivity index (χ3v) is 6.50. The number of aryl methyl sites for hydroxylation is 1. The summed E-state index contributed by atoms with van der Waals surface area (Å²) >= 11 is 0. The number of carboxylic acid groups (broad SMARTS) is 1. The van der Waals surface area contributed by atoms with Crippen molar-refractivity contribution in [2.45, 2.75) is 53.2 Å². The van der Waals surface area contributed by atoms with Crippen LogP contribution in [0.15, 0.2) is 36.4 Å². The predicted octanol–water partition coefficient (Wildman–Crippen LogP) is 4.91. The molecule has 33 heavy (non-hydrogen) atoms. The fraction of sp³-hybridized carbons (Fsp3) is 0.400. The number of nitrogens with one attached hydrogen (secondary N) is 1. The second-order valence-corrected chi connectivity index (χ2v) is 11.0. The molecular formula is C25H31NO6S. The van der Waals surface area contributed by atoms with E-state index in [1.807, 2.05) is 38.1 Å². The van der Waals surface area contributed by atoms with Crippen molar-refractivity contribution in [3.05, 3.63) is 58.7 Å².